The van der Waals surface area contributed by atoms with Crippen molar-refractivity contribution >= 4 is 11.8 Å². The average molecular weight is 448 g/mol. The molecule has 2 unspecified atom stereocenters. The minimum Gasteiger partial charge on any atom is -0.456 e. The highest BCUT2D eigenvalue weighted by Gasteiger charge is 2.61. The maximum atomic E-state index is 13.5. The van der Waals surface area contributed by atoms with Gasteiger partial charge in [0.1, 0.15) is 11.5 Å². The lowest BCUT2D eigenvalue weighted by molar-refractivity contribution is -0.223. The van der Waals surface area contributed by atoms with Crippen LogP contribution in [0.5, 0.6) is 0 Å². The van der Waals surface area contributed by atoms with Crippen molar-refractivity contribution in [1.29, 1.82) is 0 Å². The van der Waals surface area contributed by atoms with Gasteiger partial charge in [-0.05, 0) is 60.8 Å². The number of hydrogen-bond donors (Lipinski definition) is 2. The Bertz CT molecular complexity index is 1030. The highest BCUT2D eigenvalue weighted by Crippen LogP contribution is 2.64. The number of benzene rings is 2. The fourth-order valence-electron chi connectivity index (χ4n) is 6.92. The van der Waals surface area contributed by atoms with Gasteiger partial charge in [0.05, 0.1) is 0 Å². The fraction of sp³-hybridized carbons (Fsp3) is 0.500. The Hall–Kier alpha value is -2.50. The van der Waals surface area contributed by atoms with Crippen LogP contribution in [-0.2, 0) is 9.53 Å². The van der Waals surface area contributed by atoms with Crippen LogP contribution in [-0.4, -0.2) is 28.2 Å². The van der Waals surface area contributed by atoms with Crippen LogP contribution in [0, 0.1) is 23.2 Å². The Kier molecular flexibility index (Phi) is 5.26. The highest BCUT2D eigenvalue weighted by atomic mass is 16.6. The molecule has 4 bridgehead atoms. The van der Waals surface area contributed by atoms with Crippen molar-refractivity contribution in [3.05, 3.63) is 71.8 Å². The van der Waals surface area contributed by atoms with Gasteiger partial charge < -0.3 is 9.84 Å². The lowest BCUT2D eigenvalue weighted by atomic mass is 9.45. The van der Waals surface area contributed by atoms with Gasteiger partial charge >= 0.3 is 5.97 Å². The Morgan fingerprint density at radius 1 is 0.970 bits per heavy atom. The van der Waals surface area contributed by atoms with Gasteiger partial charge in [0.15, 0.2) is 5.78 Å². The van der Waals surface area contributed by atoms with Crippen molar-refractivity contribution in [2.24, 2.45) is 28.9 Å². The summed E-state index contributed by atoms with van der Waals surface area (Å²) >= 11 is 0. The Morgan fingerprint density at radius 2 is 1.52 bits per heavy atom. The van der Waals surface area contributed by atoms with Gasteiger partial charge in [-0.15, -0.1) is 0 Å². The van der Waals surface area contributed by atoms with Gasteiger partial charge in [-0.2, -0.15) is 0 Å². The van der Waals surface area contributed by atoms with E-state index in [9.17, 15) is 14.7 Å². The van der Waals surface area contributed by atoms with E-state index in [1.165, 1.54) is 12.8 Å². The van der Waals surface area contributed by atoms with E-state index in [0.717, 1.165) is 19.3 Å². The Morgan fingerprint density at radius 3 is 2.09 bits per heavy atom. The van der Waals surface area contributed by atoms with E-state index in [1.54, 1.807) is 48.5 Å². The summed E-state index contributed by atoms with van der Waals surface area (Å²) in [6, 6.07) is 17.4. The molecule has 2 aromatic rings. The van der Waals surface area contributed by atoms with Gasteiger partial charge in [0, 0.05) is 5.56 Å². The van der Waals surface area contributed by atoms with E-state index >= 15 is 0 Å². The monoisotopic (exact) mass is 447 g/mol. The standard InChI is InChI=1S/C28H33NO4/c1-26(2)21-13-18-14-22(26)17-27(15-18,16-21)33-25(31)28(29,32)23(19-9-5-3-6-10-19)24(30)20-11-7-4-8-12-20/h3-12,18,21-23,32H,13-17,29H2,1-2H3/t18?,21?,22?,23-,27?,28-/m1/s1. The number of rotatable bonds is 6. The largest absolute Gasteiger partial charge is 0.456 e. The molecule has 4 aliphatic carbocycles. The molecule has 0 aromatic heterocycles. The van der Waals surface area contributed by atoms with Gasteiger partial charge in [0.25, 0.3) is 0 Å². The normalized spacial score (nSPS) is 32.1. The summed E-state index contributed by atoms with van der Waals surface area (Å²) in [4.78, 5) is 27.0. The first-order chi connectivity index (χ1) is 15.6. The number of ketones is 1. The average Bonchev–Trinajstić information content (AvgIpc) is 2.78. The molecule has 2 aromatic carbocycles. The number of carbonyl (C=O) groups is 2. The van der Waals surface area contributed by atoms with Crippen LogP contribution in [0.4, 0.5) is 0 Å². The number of aliphatic hydroxyl groups is 1. The van der Waals surface area contributed by atoms with Crippen molar-refractivity contribution in [3.8, 4) is 0 Å². The molecule has 4 atom stereocenters. The molecule has 0 aliphatic heterocycles. The number of esters is 1. The number of ether oxygens (including phenoxy) is 1. The molecule has 174 valence electrons. The van der Waals surface area contributed by atoms with E-state index in [1.807, 2.05) is 12.1 Å². The molecule has 4 aliphatic rings. The summed E-state index contributed by atoms with van der Waals surface area (Å²) in [7, 11) is 0. The molecule has 5 nitrogen and oxygen atoms in total. The minimum absolute atomic E-state index is 0.238. The zero-order chi connectivity index (χ0) is 23.4. The van der Waals surface area contributed by atoms with Crippen LogP contribution in [0.25, 0.3) is 0 Å². The van der Waals surface area contributed by atoms with Crippen molar-refractivity contribution in [3.63, 3.8) is 0 Å². The predicted molar refractivity (Wildman–Crippen MR) is 125 cm³/mol. The van der Waals surface area contributed by atoms with Crippen LogP contribution in [0.1, 0.15) is 67.8 Å². The van der Waals surface area contributed by atoms with Crippen LogP contribution < -0.4 is 5.73 Å². The third-order valence-corrected chi connectivity index (χ3v) is 8.77. The third-order valence-electron chi connectivity index (χ3n) is 8.77. The topological polar surface area (TPSA) is 89.6 Å². The van der Waals surface area contributed by atoms with Crippen molar-refractivity contribution < 1.29 is 19.4 Å². The number of nitrogens with two attached hydrogens (primary N) is 1. The maximum absolute atomic E-state index is 13.5. The molecule has 5 heteroatoms. The Labute approximate surface area is 195 Å². The SMILES string of the molecule is CC1(C)C2CC3CC1CC(OC(=O)[C@](N)(O)[C@@H](C(=O)c1ccccc1)c1ccccc1)(C3)C2. The first-order valence-corrected chi connectivity index (χ1v) is 12.0. The molecule has 3 N–H and O–H groups in total. The van der Waals surface area contributed by atoms with Crippen LogP contribution in [0.3, 0.4) is 0 Å². The third kappa shape index (κ3) is 3.71. The molecule has 0 radical (unpaired) electrons. The van der Waals surface area contributed by atoms with Gasteiger partial charge in [-0.25, -0.2) is 4.79 Å². The molecule has 0 amide bonds. The molecule has 0 heterocycles. The van der Waals surface area contributed by atoms with Crippen LogP contribution >= 0.6 is 0 Å². The molecule has 4 saturated carbocycles. The molecular formula is C28H33NO4. The molecule has 33 heavy (non-hydrogen) atoms. The van der Waals surface area contributed by atoms with E-state index in [-0.39, 0.29) is 5.41 Å². The maximum Gasteiger partial charge on any atom is 0.355 e. The van der Waals surface area contributed by atoms with E-state index in [0.29, 0.717) is 28.9 Å². The molecule has 6 rings (SSSR count). The number of carbonyl (C=O) groups excluding carboxylic acids is 2. The predicted octanol–water partition coefficient (Wildman–Crippen LogP) is 4.45. The first kappa shape index (κ1) is 22.3. The van der Waals surface area contributed by atoms with Crippen LogP contribution in [0.15, 0.2) is 60.7 Å². The second kappa shape index (κ2) is 7.78. The van der Waals surface area contributed by atoms with Gasteiger partial charge in [-0.1, -0.05) is 74.5 Å². The van der Waals surface area contributed by atoms with E-state index in [4.69, 9.17) is 10.5 Å². The molecule has 4 fully saturated rings. The highest BCUT2D eigenvalue weighted by molar-refractivity contribution is 6.05. The number of hydrogen-bond acceptors (Lipinski definition) is 5. The first-order valence-electron chi connectivity index (χ1n) is 12.0. The number of Topliss-reactive ketones (excluding diaryl/α,β-unsaturated/α-hetero) is 1. The molecule has 0 spiro atoms. The Balaban J connectivity index is 1.45. The summed E-state index contributed by atoms with van der Waals surface area (Å²) in [6.07, 6.45) is 4.78. The fourth-order valence-corrected chi connectivity index (χ4v) is 6.92. The zero-order valence-corrected chi connectivity index (χ0v) is 19.4. The molecule has 0 saturated heterocycles. The summed E-state index contributed by atoms with van der Waals surface area (Å²) in [5, 5.41) is 11.4. The summed E-state index contributed by atoms with van der Waals surface area (Å²) in [6.45, 7) is 4.66. The lowest BCUT2D eigenvalue weighted by Gasteiger charge is -2.63. The zero-order valence-electron chi connectivity index (χ0n) is 19.4. The lowest BCUT2D eigenvalue weighted by Crippen LogP contribution is -2.63. The second-order valence-corrected chi connectivity index (χ2v) is 11.1. The van der Waals surface area contributed by atoms with E-state index < -0.39 is 29.0 Å². The van der Waals surface area contributed by atoms with Crippen LogP contribution in [0.2, 0.25) is 0 Å². The van der Waals surface area contributed by atoms with Crippen molar-refractivity contribution in [2.75, 3.05) is 0 Å². The van der Waals surface area contributed by atoms with E-state index in [2.05, 4.69) is 13.8 Å². The van der Waals surface area contributed by atoms with Gasteiger partial charge in [0.2, 0.25) is 5.72 Å². The van der Waals surface area contributed by atoms with Crippen molar-refractivity contribution in [1.82, 2.24) is 0 Å². The summed E-state index contributed by atoms with van der Waals surface area (Å²) < 4.78 is 6.13. The smallest absolute Gasteiger partial charge is 0.355 e. The second-order valence-electron chi connectivity index (χ2n) is 11.1. The summed E-state index contributed by atoms with van der Waals surface area (Å²) in [5.41, 5.74) is 4.36. The van der Waals surface area contributed by atoms with Crippen molar-refractivity contribution in [2.45, 2.75) is 63.2 Å². The quantitative estimate of drug-likeness (QED) is 0.388. The minimum atomic E-state index is -2.48. The van der Waals surface area contributed by atoms with Gasteiger partial charge in [-0.3, -0.25) is 10.5 Å². The molecular weight excluding hydrogens is 414 g/mol. The summed E-state index contributed by atoms with van der Waals surface area (Å²) in [5.74, 6) is -1.03.